The first kappa shape index (κ1) is 17.9. The Kier molecular flexibility index (Phi) is 4.90. The highest BCUT2D eigenvalue weighted by Crippen LogP contribution is 2.19. The maximum atomic E-state index is 14.2. The quantitative estimate of drug-likeness (QED) is 0.738. The molecule has 3 aromatic rings. The molecule has 136 valence electrons. The molecule has 3 rings (SSSR count). The molecule has 2 heterocycles. The second kappa shape index (κ2) is 7.12. The first-order valence-corrected chi connectivity index (χ1v) is 9.35. The molecule has 7 nitrogen and oxygen atoms in total. The summed E-state index contributed by atoms with van der Waals surface area (Å²) in [6.45, 7) is 1.97. The number of nitrogens with zero attached hydrogens (tertiary/aromatic N) is 2. The lowest BCUT2D eigenvalue weighted by Gasteiger charge is -2.08. The van der Waals surface area contributed by atoms with Gasteiger partial charge in [0.25, 0.3) is 16.0 Å². The number of carbonyl (C=O) groups excluding carboxylic acids is 1. The van der Waals surface area contributed by atoms with E-state index in [1.807, 2.05) is 6.92 Å². The normalized spacial score (nSPS) is 11.5. The summed E-state index contributed by atoms with van der Waals surface area (Å²) in [4.78, 5) is 15.5. The largest absolute Gasteiger partial charge is 0.426 e. The van der Waals surface area contributed by atoms with Crippen molar-refractivity contribution in [1.82, 2.24) is 14.1 Å². The van der Waals surface area contributed by atoms with E-state index in [-0.39, 0.29) is 11.4 Å². The summed E-state index contributed by atoms with van der Waals surface area (Å²) in [5, 5.41) is -0.740. The fraction of sp³-hybridized carbons (Fsp3) is 0.176. The number of hydrogen-bond acceptors (Lipinski definition) is 5. The molecule has 0 spiro atoms. The summed E-state index contributed by atoms with van der Waals surface area (Å²) in [6.07, 6.45) is 1.78. The van der Waals surface area contributed by atoms with Gasteiger partial charge < -0.3 is 4.74 Å². The lowest BCUT2D eigenvalue weighted by atomic mass is 10.2. The number of amides is 1. The number of imidazole rings is 1. The number of ether oxygens (including phenoxy) is 1. The highest BCUT2D eigenvalue weighted by atomic mass is 32.2. The van der Waals surface area contributed by atoms with Gasteiger partial charge in [-0.05, 0) is 30.2 Å². The van der Waals surface area contributed by atoms with Gasteiger partial charge in [0.15, 0.2) is 0 Å². The van der Waals surface area contributed by atoms with Crippen molar-refractivity contribution < 1.29 is 22.3 Å². The summed E-state index contributed by atoms with van der Waals surface area (Å²) in [6, 6.07) is 11.2. The maximum Gasteiger partial charge on any atom is 0.426 e. The zero-order chi connectivity index (χ0) is 18.7. The smallest absolute Gasteiger partial charge is 0.410 e. The second-order valence-electron chi connectivity index (χ2n) is 5.53. The van der Waals surface area contributed by atoms with E-state index in [2.05, 4.69) is 4.98 Å². The van der Waals surface area contributed by atoms with Gasteiger partial charge in [0, 0.05) is 6.20 Å². The van der Waals surface area contributed by atoms with Crippen molar-refractivity contribution in [1.29, 1.82) is 0 Å². The molecule has 0 saturated carbocycles. The summed E-state index contributed by atoms with van der Waals surface area (Å²) in [7, 11) is -4.52. The van der Waals surface area contributed by atoms with Crippen LogP contribution in [0.5, 0.6) is 5.75 Å². The Morgan fingerprint density at radius 1 is 1.23 bits per heavy atom. The van der Waals surface area contributed by atoms with Crippen LogP contribution in [0.3, 0.4) is 0 Å². The van der Waals surface area contributed by atoms with Crippen LogP contribution in [0.4, 0.5) is 9.18 Å². The zero-order valence-electron chi connectivity index (χ0n) is 13.8. The molecule has 0 fully saturated rings. The van der Waals surface area contributed by atoms with Crippen LogP contribution in [-0.4, -0.2) is 23.9 Å². The van der Waals surface area contributed by atoms with Gasteiger partial charge in [-0.15, -0.1) is 0 Å². The van der Waals surface area contributed by atoms with Crippen LogP contribution in [0.1, 0.15) is 18.9 Å². The first-order chi connectivity index (χ1) is 12.4. The molecule has 0 aliphatic rings. The molecule has 1 N–H and O–H groups in total. The molecule has 0 bridgehead atoms. The van der Waals surface area contributed by atoms with E-state index >= 15 is 0 Å². The average molecular weight is 377 g/mol. The molecule has 0 saturated heterocycles. The third-order valence-corrected chi connectivity index (χ3v) is 4.87. The monoisotopic (exact) mass is 377 g/mol. The fourth-order valence-electron chi connectivity index (χ4n) is 2.49. The highest BCUT2D eigenvalue weighted by Gasteiger charge is 2.28. The van der Waals surface area contributed by atoms with Gasteiger partial charge in [-0.2, -0.15) is 17.8 Å². The van der Waals surface area contributed by atoms with Crippen molar-refractivity contribution in [3.05, 3.63) is 60.2 Å². The van der Waals surface area contributed by atoms with Crippen LogP contribution in [0.15, 0.2) is 53.7 Å². The molecule has 9 heteroatoms. The van der Waals surface area contributed by atoms with Crippen LogP contribution < -0.4 is 9.46 Å². The molecule has 2 aromatic heterocycles. The van der Waals surface area contributed by atoms with Gasteiger partial charge in [0.1, 0.15) is 11.4 Å². The molecule has 0 atom stereocenters. The number of sulfonamides is 1. The minimum atomic E-state index is -4.52. The number of nitrogens with one attached hydrogen (secondary N) is 1. The van der Waals surface area contributed by atoms with Crippen molar-refractivity contribution >= 4 is 21.8 Å². The van der Waals surface area contributed by atoms with E-state index < -0.39 is 27.1 Å². The highest BCUT2D eigenvalue weighted by molar-refractivity contribution is 7.90. The van der Waals surface area contributed by atoms with Gasteiger partial charge in [0.2, 0.25) is 5.03 Å². The molecule has 1 amide bonds. The maximum absolute atomic E-state index is 14.2. The average Bonchev–Trinajstić information content (AvgIpc) is 2.91. The fourth-order valence-corrected chi connectivity index (χ4v) is 3.52. The predicted molar refractivity (Wildman–Crippen MR) is 91.9 cm³/mol. The summed E-state index contributed by atoms with van der Waals surface area (Å²) in [5.41, 5.74) is 0.944. The topological polar surface area (TPSA) is 89.8 Å². The minimum absolute atomic E-state index is 0.124. The van der Waals surface area contributed by atoms with Gasteiger partial charge >= 0.3 is 6.09 Å². The Bertz CT molecular complexity index is 1050. The Morgan fingerprint density at radius 2 is 1.96 bits per heavy atom. The molecule has 0 aliphatic heterocycles. The lowest BCUT2D eigenvalue weighted by molar-refractivity contribution is 0.206. The van der Waals surface area contributed by atoms with Crippen LogP contribution in [0, 0.1) is 5.95 Å². The predicted octanol–water partition coefficient (Wildman–Crippen LogP) is 2.90. The van der Waals surface area contributed by atoms with E-state index in [1.165, 1.54) is 24.4 Å². The van der Waals surface area contributed by atoms with Crippen LogP contribution in [0.25, 0.3) is 5.65 Å². The SMILES string of the molecule is CCCc1ccc2nc(F)c(S(=O)(=O)NC(=O)Oc3ccccc3)n2c1. The van der Waals surface area contributed by atoms with Crippen LogP contribution >= 0.6 is 0 Å². The third kappa shape index (κ3) is 3.67. The number of pyridine rings is 1. The second-order valence-corrected chi connectivity index (χ2v) is 7.13. The van der Waals surface area contributed by atoms with Gasteiger partial charge in [0.05, 0.1) is 0 Å². The molecule has 26 heavy (non-hydrogen) atoms. The Hall–Kier alpha value is -2.94. The van der Waals surface area contributed by atoms with Gasteiger partial charge in [-0.25, -0.2) is 9.52 Å². The van der Waals surface area contributed by atoms with Crippen molar-refractivity contribution in [2.24, 2.45) is 0 Å². The van der Waals surface area contributed by atoms with E-state index in [9.17, 15) is 17.6 Å². The van der Waals surface area contributed by atoms with Crippen molar-refractivity contribution in [3.63, 3.8) is 0 Å². The van der Waals surface area contributed by atoms with Gasteiger partial charge in [-0.1, -0.05) is 37.6 Å². The first-order valence-electron chi connectivity index (χ1n) is 7.87. The van der Waals surface area contributed by atoms with Crippen molar-refractivity contribution in [2.75, 3.05) is 0 Å². The van der Waals surface area contributed by atoms with Crippen LogP contribution in [-0.2, 0) is 16.4 Å². The number of aryl methyl sites for hydroxylation is 1. The minimum Gasteiger partial charge on any atom is -0.410 e. The summed E-state index contributed by atoms with van der Waals surface area (Å²) < 4.78 is 46.9. The Labute approximate surface area is 149 Å². The van der Waals surface area contributed by atoms with Crippen molar-refractivity contribution in [3.8, 4) is 5.75 Å². The Morgan fingerprint density at radius 3 is 2.65 bits per heavy atom. The summed E-state index contributed by atoms with van der Waals surface area (Å²) in [5.74, 6) is -1.04. The molecule has 0 radical (unpaired) electrons. The molecule has 1 aromatic carbocycles. The number of fused-ring (bicyclic) bond motifs is 1. The molecule has 0 unspecified atom stereocenters. The number of aromatic nitrogens is 2. The number of para-hydroxylation sites is 1. The number of hydrogen-bond donors (Lipinski definition) is 1. The van der Waals surface area contributed by atoms with Crippen molar-refractivity contribution in [2.45, 2.75) is 24.8 Å². The third-order valence-electron chi connectivity index (χ3n) is 3.56. The van der Waals surface area contributed by atoms with E-state index in [1.54, 1.807) is 29.0 Å². The van der Waals surface area contributed by atoms with E-state index in [0.717, 1.165) is 16.4 Å². The zero-order valence-corrected chi connectivity index (χ0v) is 14.7. The summed E-state index contributed by atoms with van der Waals surface area (Å²) >= 11 is 0. The molecular weight excluding hydrogens is 361 g/mol. The standard InChI is InChI=1S/C17H16FN3O4S/c1-2-6-12-9-10-14-19-15(18)16(21(14)11-12)26(23,24)20-17(22)25-13-7-4-3-5-8-13/h3-5,7-11H,2,6H2,1H3,(H,20,22). The van der Waals surface area contributed by atoms with Crippen LogP contribution in [0.2, 0.25) is 0 Å². The number of carbonyl (C=O) groups is 1. The lowest BCUT2D eigenvalue weighted by Crippen LogP contribution is -2.34. The molecular formula is C17H16FN3O4S. The number of rotatable bonds is 5. The van der Waals surface area contributed by atoms with Gasteiger partial charge in [-0.3, -0.25) is 4.40 Å². The number of halogens is 1. The molecule has 0 aliphatic carbocycles. The van der Waals surface area contributed by atoms with E-state index in [4.69, 9.17) is 4.74 Å². The van der Waals surface area contributed by atoms with E-state index in [0.29, 0.717) is 6.42 Å². The Balaban J connectivity index is 1.92. The number of benzene rings is 1.